The molecular formula is C14H13Cl2NO. The van der Waals surface area contributed by atoms with Crippen molar-refractivity contribution in [2.24, 2.45) is 5.73 Å². The topological polar surface area (TPSA) is 35.2 Å². The Bertz CT molecular complexity index is 555. The van der Waals surface area contributed by atoms with E-state index in [1.54, 1.807) is 24.3 Å². The predicted octanol–water partition coefficient (Wildman–Crippen LogP) is 4.81. The third kappa shape index (κ3) is 2.96. The van der Waals surface area contributed by atoms with E-state index in [0.717, 1.165) is 5.56 Å². The van der Waals surface area contributed by atoms with E-state index in [9.17, 15) is 0 Å². The highest BCUT2D eigenvalue weighted by Gasteiger charge is 2.08. The fourth-order valence-corrected chi connectivity index (χ4v) is 1.93. The summed E-state index contributed by atoms with van der Waals surface area (Å²) in [6.07, 6.45) is 0. The molecule has 0 bridgehead atoms. The summed E-state index contributed by atoms with van der Waals surface area (Å²) >= 11 is 12.2. The monoisotopic (exact) mass is 281 g/mol. The Hall–Kier alpha value is -1.22. The standard InChI is InChI=1S/C14H13Cl2NO/c1-9(17)10-6-7-14(12(16)8-10)18-13-5-3-2-4-11(13)15/h2-9H,17H2,1H3. The van der Waals surface area contributed by atoms with Gasteiger partial charge in [0.1, 0.15) is 11.5 Å². The minimum Gasteiger partial charge on any atom is -0.454 e. The molecule has 2 aromatic carbocycles. The van der Waals surface area contributed by atoms with Gasteiger partial charge in [-0.3, -0.25) is 0 Å². The number of benzene rings is 2. The maximum Gasteiger partial charge on any atom is 0.146 e. The van der Waals surface area contributed by atoms with Crippen molar-refractivity contribution in [3.05, 3.63) is 58.1 Å². The van der Waals surface area contributed by atoms with E-state index in [1.807, 2.05) is 25.1 Å². The highest BCUT2D eigenvalue weighted by molar-refractivity contribution is 6.32. The smallest absolute Gasteiger partial charge is 0.146 e. The molecule has 0 aliphatic carbocycles. The van der Waals surface area contributed by atoms with Crippen LogP contribution >= 0.6 is 23.2 Å². The van der Waals surface area contributed by atoms with Crippen LogP contribution in [0.3, 0.4) is 0 Å². The van der Waals surface area contributed by atoms with Crippen molar-refractivity contribution in [3.8, 4) is 11.5 Å². The van der Waals surface area contributed by atoms with Crippen LogP contribution < -0.4 is 10.5 Å². The predicted molar refractivity (Wildman–Crippen MR) is 75.6 cm³/mol. The molecule has 0 amide bonds. The molecule has 0 radical (unpaired) electrons. The first-order valence-electron chi connectivity index (χ1n) is 5.55. The van der Waals surface area contributed by atoms with Gasteiger partial charge in [-0.25, -0.2) is 0 Å². The Morgan fingerprint density at radius 3 is 2.28 bits per heavy atom. The summed E-state index contributed by atoms with van der Waals surface area (Å²) in [5.74, 6) is 1.14. The SMILES string of the molecule is CC(N)c1ccc(Oc2ccccc2Cl)c(Cl)c1. The minimum atomic E-state index is -0.0585. The number of hydrogen-bond donors (Lipinski definition) is 1. The lowest BCUT2D eigenvalue weighted by molar-refractivity contribution is 0.483. The van der Waals surface area contributed by atoms with Gasteiger partial charge in [-0.05, 0) is 36.8 Å². The fourth-order valence-electron chi connectivity index (χ4n) is 1.53. The summed E-state index contributed by atoms with van der Waals surface area (Å²) in [5.41, 5.74) is 6.75. The second kappa shape index (κ2) is 5.61. The van der Waals surface area contributed by atoms with Gasteiger partial charge in [0.2, 0.25) is 0 Å². The first-order chi connectivity index (χ1) is 8.58. The van der Waals surface area contributed by atoms with Crippen LogP contribution in [-0.2, 0) is 0 Å². The number of rotatable bonds is 3. The molecule has 0 spiro atoms. The number of halogens is 2. The molecule has 94 valence electrons. The van der Waals surface area contributed by atoms with Crippen molar-refractivity contribution in [1.82, 2.24) is 0 Å². The van der Waals surface area contributed by atoms with Gasteiger partial charge in [0, 0.05) is 6.04 Å². The van der Waals surface area contributed by atoms with Crippen LogP contribution in [0.5, 0.6) is 11.5 Å². The van der Waals surface area contributed by atoms with Crippen LogP contribution in [0.25, 0.3) is 0 Å². The van der Waals surface area contributed by atoms with Gasteiger partial charge >= 0.3 is 0 Å². The van der Waals surface area contributed by atoms with Gasteiger partial charge in [0.05, 0.1) is 10.0 Å². The average molecular weight is 282 g/mol. The number of ether oxygens (including phenoxy) is 1. The molecule has 0 saturated carbocycles. The van der Waals surface area contributed by atoms with Gasteiger partial charge in [0.25, 0.3) is 0 Å². The second-order valence-electron chi connectivity index (χ2n) is 4.01. The van der Waals surface area contributed by atoms with Crippen molar-refractivity contribution in [3.63, 3.8) is 0 Å². The second-order valence-corrected chi connectivity index (χ2v) is 4.83. The van der Waals surface area contributed by atoms with Gasteiger partial charge in [-0.2, -0.15) is 0 Å². The van der Waals surface area contributed by atoms with Crippen LogP contribution in [0.1, 0.15) is 18.5 Å². The Kier molecular flexibility index (Phi) is 4.12. The summed E-state index contributed by atoms with van der Waals surface area (Å²) in [5, 5.41) is 1.06. The maximum atomic E-state index is 6.15. The minimum absolute atomic E-state index is 0.0585. The Morgan fingerprint density at radius 2 is 1.67 bits per heavy atom. The first kappa shape index (κ1) is 13.2. The van der Waals surface area contributed by atoms with Crippen LogP contribution in [0.15, 0.2) is 42.5 Å². The van der Waals surface area contributed by atoms with Gasteiger partial charge in [0.15, 0.2) is 0 Å². The zero-order valence-electron chi connectivity index (χ0n) is 9.86. The van der Waals surface area contributed by atoms with Crippen molar-refractivity contribution in [2.75, 3.05) is 0 Å². The van der Waals surface area contributed by atoms with Crippen molar-refractivity contribution in [1.29, 1.82) is 0 Å². The van der Waals surface area contributed by atoms with E-state index >= 15 is 0 Å². The van der Waals surface area contributed by atoms with Crippen molar-refractivity contribution in [2.45, 2.75) is 13.0 Å². The van der Waals surface area contributed by atoms with Crippen LogP contribution in [0.2, 0.25) is 10.0 Å². The molecule has 1 atom stereocenters. The lowest BCUT2D eigenvalue weighted by Crippen LogP contribution is -2.04. The van der Waals surface area contributed by atoms with Crippen LogP contribution in [-0.4, -0.2) is 0 Å². The van der Waals surface area contributed by atoms with E-state index in [2.05, 4.69) is 0 Å². The quantitative estimate of drug-likeness (QED) is 0.877. The third-order valence-corrected chi connectivity index (χ3v) is 3.15. The molecule has 2 aromatic rings. The van der Waals surface area contributed by atoms with E-state index < -0.39 is 0 Å². The summed E-state index contributed by atoms with van der Waals surface area (Å²) in [4.78, 5) is 0. The molecule has 0 heterocycles. The number of hydrogen-bond acceptors (Lipinski definition) is 2. The summed E-state index contributed by atoms with van der Waals surface area (Å²) in [7, 11) is 0. The third-order valence-electron chi connectivity index (χ3n) is 2.54. The van der Waals surface area contributed by atoms with E-state index in [-0.39, 0.29) is 6.04 Å². The molecule has 0 fully saturated rings. The fraction of sp³-hybridized carbons (Fsp3) is 0.143. The number of para-hydroxylation sites is 1. The van der Waals surface area contributed by atoms with E-state index in [0.29, 0.717) is 21.5 Å². The molecule has 2 nitrogen and oxygen atoms in total. The van der Waals surface area contributed by atoms with Crippen LogP contribution in [0, 0.1) is 0 Å². The molecule has 18 heavy (non-hydrogen) atoms. The van der Waals surface area contributed by atoms with Gasteiger partial charge in [-0.1, -0.05) is 41.4 Å². The van der Waals surface area contributed by atoms with Crippen molar-refractivity contribution < 1.29 is 4.74 Å². The van der Waals surface area contributed by atoms with Crippen LogP contribution in [0.4, 0.5) is 0 Å². The average Bonchev–Trinajstić information content (AvgIpc) is 2.34. The Balaban J connectivity index is 2.28. The van der Waals surface area contributed by atoms with Gasteiger partial charge < -0.3 is 10.5 Å². The molecule has 4 heteroatoms. The zero-order valence-corrected chi connectivity index (χ0v) is 11.4. The molecule has 0 aliphatic rings. The lowest BCUT2D eigenvalue weighted by atomic mass is 10.1. The Morgan fingerprint density at radius 1 is 1.00 bits per heavy atom. The number of nitrogens with two attached hydrogens (primary N) is 1. The molecule has 0 aromatic heterocycles. The molecular weight excluding hydrogens is 269 g/mol. The Labute approximate surface area is 116 Å². The first-order valence-corrected chi connectivity index (χ1v) is 6.31. The maximum absolute atomic E-state index is 6.15. The molecule has 0 saturated heterocycles. The summed E-state index contributed by atoms with van der Waals surface area (Å²) < 4.78 is 5.67. The van der Waals surface area contributed by atoms with E-state index in [4.69, 9.17) is 33.7 Å². The molecule has 0 aliphatic heterocycles. The summed E-state index contributed by atoms with van der Waals surface area (Å²) in [6, 6.07) is 12.7. The highest BCUT2D eigenvalue weighted by atomic mass is 35.5. The van der Waals surface area contributed by atoms with Crippen molar-refractivity contribution >= 4 is 23.2 Å². The molecule has 2 N–H and O–H groups in total. The molecule has 2 rings (SSSR count). The largest absolute Gasteiger partial charge is 0.454 e. The molecule has 1 unspecified atom stereocenters. The summed E-state index contributed by atoms with van der Waals surface area (Å²) in [6.45, 7) is 1.90. The normalized spacial score (nSPS) is 12.2. The van der Waals surface area contributed by atoms with E-state index in [1.165, 1.54) is 0 Å². The highest BCUT2D eigenvalue weighted by Crippen LogP contribution is 2.34. The zero-order chi connectivity index (χ0) is 13.1. The van der Waals surface area contributed by atoms with Gasteiger partial charge in [-0.15, -0.1) is 0 Å². The lowest BCUT2D eigenvalue weighted by Gasteiger charge is -2.11.